The topological polar surface area (TPSA) is 47.2 Å². The van der Waals surface area contributed by atoms with Crippen LogP contribution >= 0.6 is 0 Å². The lowest BCUT2D eigenvalue weighted by molar-refractivity contribution is 0.563. The van der Waals surface area contributed by atoms with E-state index in [2.05, 4.69) is 9.98 Å². The van der Waals surface area contributed by atoms with Crippen molar-refractivity contribution in [1.29, 1.82) is 0 Å². The minimum Gasteiger partial charge on any atom is -0.333 e. The van der Waals surface area contributed by atoms with E-state index in [1.807, 2.05) is 29.8 Å². The second-order valence-electron chi connectivity index (χ2n) is 3.05. The fourth-order valence-corrected chi connectivity index (χ4v) is 1.54. The molecule has 0 unspecified atom stereocenters. The Labute approximate surface area is 80.9 Å². The zero-order chi connectivity index (χ0) is 9.97. The Morgan fingerprint density at radius 1 is 1.57 bits per heavy atom. The summed E-state index contributed by atoms with van der Waals surface area (Å²) in [7, 11) is 1.92. The van der Waals surface area contributed by atoms with Crippen LogP contribution < -0.4 is 0 Å². The molecule has 1 aromatic heterocycles. The summed E-state index contributed by atoms with van der Waals surface area (Å²) in [4.78, 5) is 17.8. The van der Waals surface area contributed by atoms with Gasteiger partial charge in [0.2, 0.25) is 6.08 Å². The first-order valence-corrected chi connectivity index (χ1v) is 4.25. The lowest BCUT2D eigenvalue weighted by Crippen LogP contribution is -1.90. The molecule has 0 spiro atoms. The van der Waals surface area contributed by atoms with Crippen LogP contribution in [0.1, 0.15) is 5.56 Å². The summed E-state index contributed by atoms with van der Waals surface area (Å²) in [6.45, 7) is 0.361. The molecule has 0 radical (unpaired) electrons. The number of hydrogen-bond donors (Lipinski definition) is 0. The summed E-state index contributed by atoms with van der Waals surface area (Å²) < 4.78 is 1.92. The van der Waals surface area contributed by atoms with Gasteiger partial charge in [-0.1, -0.05) is 12.1 Å². The summed E-state index contributed by atoms with van der Waals surface area (Å²) in [5.74, 6) is 0. The fourth-order valence-electron chi connectivity index (χ4n) is 1.54. The van der Waals surface area contributed by atoms with E-state index in [9.17, 15) is 4.79 Å². The van der Waals surface area contributed by atoms with Crippen molar-refractivity contribution < 1.29 is 4.79 Å². The number of imidazole rings is 1. The molecule has 0 atom stereocenters. The first-order chi connectivity index (χ1) is 6.83. The van der Waals surface area contributed by atoms with Crippen molar-refractivity contribution in [1.82, 2.24) is 9.55 Å². The number of aliphatic imine (C=N–C) groups is 1. The van der Waals surface area contributed by atoms with E-state index in [-0.39, 0.29) is 0 Å². The van der Waals surface area contributed by atoms with E-state index in [0.29, 0.717) is 6.54 Å². The molecule has 0 saturated heterocycles. The summed E-state index contributed by atoms with van der Waals surface area (Å²) >= 11 is 0. The second-order valence-corrected chi connectivity index (χ2v) is 3.05. The van der Waals surface area contributed by atoms with Crippen LogP contribution in [0.2, 0.25) is 0 Å². The predicted molar refractivity (Wildman–Crippen MR) is 52.5 cm³/mol. The molecular weight excluding hydrogens is 178 g/mol. The third-order valence-electron chi connectivity index (χ3n) is 2.13. The molecule has 1 heterocycles. The number of aryl methyl sites for hydroxylation is 1. The molecule has 0 N–H and O–H groups in total. The van der Waals surface area contributed by atoms with Gasteiger partial charge < -0.3 is 4.57 Å². The van der Waals surface area contributed by atoms with Crippen molar-refractivity contribution in [3.63, 3.8) is 0 Å². The van der Waals surface area contributed by atoms with E-state index >= 15 is 0 Å². The highest BCUT2D eigenvalue weighted by Crippen LogP contribution is 2.17. The molecule has 4 heteroatoms. The van der Waals surface area contributed by atoms with Crippen LogP contribution in [0.5, 0.6) is 0 Å². The summed E-state index contributed by atoms with van der Waals surface area (Å²) in [5.41, 5.74) is 2.93. The normalized spacial score (nSPS) is 10.1. The highest BCUT2D eigenvalue weighted by Gasteiger charge is 2.04. The minimum atomic E-state index is 0.361. The molecule has 1 aromatic carbocycles. The standard InChI is InChI=1S/C10H9N3O/c1-13-6-12-9-4-2-3-8(10(9)13)5-11-7-14/h2-4,6H,5H2,1H3. The van der Waals surface area contributed by atoms with Crippen LogP contribution in [0.25, 0.3) is 11.0 Å². The van der Waals surface area contributed by atoms with Crippen molar-refractivity contribution in [2.24, 2.45) is 12.0 Å². The molecule has 0 saturated carbocycles. The van der Waals surface area contributed by atoms with Gasteiger partial charge in [0.25, 0.3) is 0 Å². The van der Waals surface area contributed by atoms with Gasteiger partial charge in [0.15, 0.2) is 0 Å². The molecule has 14 heavy (non-hydrogen) atoms. The Balaban J connectivity index is 2.62. The van der Waals surface area contributed by atoms with E-state index < -0.39 is 0 Å². The third-order valence-corrected chi connectivity index (χ3v) is 2.13. The van der Waals surface area contributed by atoms with Gasteiger partial charge in [0, 0.05) is 12.6 Å². The number of hydrogen-bond acceptors (Lipinski definition) is 3. The number of isocyanates is 1. The number of rotatable bonds is 2. The first kappa shape index (κ1) is 8.66. The Hall–Kier alpha value is -1.93. The molecule has 0 bridgehead atoms. The van der Waals surface area contributed by atoms with E-state index in [1.165, 1.54) is 6.08 Å². The molecule has 0 aliphatic rings. The maximum absolute atomic E-state index is 10.0. The molecule has 0 aliphatic heterocycles. The molecular formula is C10H9N3O. The van der Waals surface area contributed by atoms with Gasteiger partial charge in [-0.3, -0.25) is 0 Å². The Morgan fingerprint density at radius 2 is 2.43 bits per heavy atom. The van der Waals surface area contributed by atoms with Crippen LogP contribution in [0, 0.1) is 0 Å². The van der Waals surface area contributed by atoms with Crippen molar-refractivity contribution in [2.45, 2.75) is 6.54 Å². The van der Waals surface area contributed by atoms with Crippen LogP contribution in [0.3, 0.4) is 0 Å². The van der Waals surface area contributed by atoms with Crippen LogP contribution in [-0.4, -0.2) is 15.6 Å². The van der Waals surface area contributed by atoms with Crippen molar-refractivity contribution in [3.8, 4) is 0 Å². The number of benzene rings is 1. The molecule has 4 nitrogen and oxygen atoms in total. The monoisotopic (exact) mass is 187 g/mol. The summed E-state index contributed by atoms with van der Waals surface area (Å²) in [6.07, 6.45) is 3.29. The smallest absolute Gasteiger partial charge is 0.235 e. The molecule has 2 aromatic rings. The molecule has 70 valence electrons. The zero-order valence-corrected chi connectivity index (χ0v) is 7.77. The van der Waals surface area contributed by atoms with E-state index in [0.717, 1.165) is 16.6 Å². The van der Waals surface area contributed by atoms with Gasteiger partial charge in [0.05, 0.1) is 23.9 Å². The van der Waals surface area contributed by atoms with E-state index in [4.69, 9.17) is 0 Å². The summed E-state index contributed by atoms with van der Waals surface area (Å²) in [6, 6.07) is 5.78. The Morgan fingerprint density at radius 3 is 3.21 bits per heavy atom. The molecule has 0 aliphatic carbocycles. The largest absolute Gasteiger partial charge is 0.333 e. The summed E-state index contributed by atoms with van der Waals surface area (Å²) in [5, 5.41) is 0. The van der Waals surface area contributed by atoms with Gasteiger partial charge in [-0.15, -0.1) is 0 Å². The first-order valence-electron chi connectivity index (χ1n) is 4.25. The number of fused-ring (bicyclic) bond motifs is 1. The number of aromatic nitrogens is 2. The average molecular weight is 187 g/mol. The Bertz CT molecular complexity index is 509. The van der Waals surface area contributed by atoms with Crippen molar-refractivity contribution in [2.75, 3.05) is 0 Å². The maximum Gasteiger partial charge on any atom is 0.235 e. The minimum absolute atomic E-state index is 0.361. The predicted octanol–water partition coefficient (Wildman–Crippen LogP) is 1.41. The van der Waals surface area contributed by atoms with Crippen molar-refractivity contribution >= 4 is 17.1 Å². The SMILES string of the molecule is Cn1cnc2cccc(CN=C=O)c21. The van der Waals surface area contributed by atoms with Gasteiger partial charge >= 0.3 is 0 Å². The van der Waals surface area contributed by atoms with Gasteiger partial charge in [-0.2, -0.15) is 0 Å². The molecule has 0 amide bonds. The van der Waals surface area contributed by atoms with Crippen LogP contribution in [0.4, 0.5) is 0 Å². The maximum atomic E-state index is 10.0. The number of carbonyl (C=O) groups excluding carboxylic acids is 1. The second kappa shape index (κ2) is 3.44. The number of para-hydroxylation sites is 1. The lowest BCUT2D eigenvalue weighted by atomic mass is 10.2. The highest BCUT2D eigenvalue weighted by molar-refractivity contribution is 5.79. The van der Waals surface area contributed by atoms with Crippen LogP contribution in [0.15, 0.2) is 29.5 Å². The third kappa shape index (κ3) is 1.32. The van der Waals surface area contributed by atoms with Crippen molar-refractivity contribution in [3.05, 3.63) is 30.1 Å². The Kier molecular flexibility index (Phi) is 2.13. The number of nitrogens with zero attached hydrogens (tertiary/aromatic N) is 3. The van der Waals surface area contributed by atoms with E-state index in [1.54, 1.807) is 6.33 Å². The highest BCUT2D eigenvalue weighted by atomic mass is 16.1. The zero-order valence-electron chi connectivity index (χ0n) is 7.77. The fraction of sp³-hybridized carbons (Fsp3) is 0.200. The quantitative estimate of drug-likeness (QED) is 0.527. The average Bonchev–Trinajstić information content (AvgIpc) is 2.58. The van der Waals surface area contributed by atoms with Gasteiger partial charge in [0.1, 0.15) is 0 Å². The van der Waals surface area contributed by atoms with Gasteiger partial charge in [-0.25, -0.2) is 14.8 Å². The van der Waals surface area contributed by atoms with Gasteiger partial charge in [-0.05, 0) is 6.07 Å². The molecule has 2 rings (SSSR count). The van der Waals surface area contributed by atoms with Crippen LogP contribution in [-0.2, 0) is 18.4 Å². The molecule has 0 fully saturated rings. The lowest BCUT2D eigenvalue weighted by Gasteiger charge is -2.00.